The van der Waals surface area contributed by atoms with E-state index in [1.807, 2.05) is 0 Å². The van der Waals surface area contributed by atoms with Gasteiger partial charge in [0.25, 0.3) is 5.91 Å². The molecule has 3 amide bonds. The fourth-order valence-electron chi connectivity index (χ4n) is 2.29. The first-order valence-corrected chi connectivity index (χ1v) is 6.76. The number of carbonyl (C=O) groups is 3. The summed E-state index contributed by atoms with van der Waals surface area (Å²) in [5, 5.41) is 4.96. The Morgan fingerprint density at radius 2 is 2.05 bits per heavy atom. The smallest absolute Gasteiger partial charge is 0.321 e. The number of urea groups is 1. The van der Waals surface area contributed by atoms with Gasteiger partial charge >= 0.3 is 6.03 Å². The zero-order valence-corrected chi connectivity index (χ0v) is 11.6. The Hall–Kier alpha value is -2.51. The molecule has 1 aromatic carbocycles. The zero-order chi connectivity index (χ0) is 16.1. The summed E-state index contributed by atoms with van der Waals surface area (Å²) >= 11 is 0. The number of benzene rings is 1. The first kappa shape index (κ1) is 15.9. The number of amides is 3. The molecule has 1 aromatic rings. The van der Waals surface area contributed by atoms with Crippen LogP contribution in [0.1, 0.15) is 12.8 Å². The molecule has 1 aliphatic rings. The molecule has 6 nitrogen and oxygen atoms in total. The summed E-state index contributed by atoms with van der Waals surface area (Å²) in [6.07, 6.45) is 1.50. The number of carbonyl (C=O) groups excluding carboxylic acids is 3. The van der Waals surface area contributed by atoms with Gasteiger partial charge < -0.3 is 15.5 Å². The summed E-state index contributed by atoms with van der Waals surface area (Å²) < 4.78 is 25.9. The van der Waals surface area contributed by atoms with Crippen LogP contribution in [0.4, 0.5) is 19.3 Å². The maximum atomic E-state index is 13.1. The lowest BCUT2D eigenvalue weighted by atomic mass is 10.1. The van der Waals surface area contributed by atoms with Crippen molar-refractivity contribution in [2.24, 2.45) is 0 Å². The fraction of sp³-hybridized carbons (Fsp3) is 0.357. The molecule has 0 radical (unpaired) electrons. The molecule has 1 saturated heterocycles. The third kappa shape index (κ3) is 4.00. The third-order valence-electron chi connectivity index (χ3n) is 3.33. The number of nitrogens with one attached hydrogen (secondary N) is 2. The van der Waals surface area contributed by atoms with Crippen LogP contribution in [-0.2, 0) is 9.59 Å². The number of aldehydes is 1. The van der Waals surface area contributed by atoms with E-state index < -0.39 is 23.6 Å². The molecule has 0 saturated carbocycles. The van der Waals surface area contributed by atoms with Crippen molar-refractivity contribution in [3.63, 3.8) is 0 Å². The van der Waals surface area contributed by atoms with Crippen LogP contribution < -0.4 is 10.6 Å². The van der Waals surface area contributed by atoms with Crippen molar-refractivity contribution in [3.05, 3.63) is 29.8 Å². The van der Waals surface area contributed by atoms with E-state index in [4.69, 9.17) is 0 Å². The van der Waals surface area contributed by atoms with Crippen molar-refractivity contribution >= 4 is 23.9 Å². The number of piperidine rings is 1. The van der Waals surface area contributed by atoms with E-state index in [0.29, 0.717) is 19.4 Å². The van der Waals surface area contributed by atoms with E-state index in [1.54, 1.807) is 0 Å². The van der Waals surface area contributed by atoms with Crippen LogP contribution in [0.25, 0.3) is 0 Å². The number of halogens is 2. The van der Waals surface area contributed by atoms with Gasteiger partial charge in [0.2, 0.25) is 6.29 Å². The molecule has 22 heavy (non-hydrogen) atoms. The Bertz CT molecular complexity index is 595. The van der Waals surface area contributed by atoms with Crippen LogP contribution in [0, 0.1) is 11.6 Å². The van der Waals surface area contributed by atoms with E-state index in [2.05, 4.69) is 10.6 Å². The third-order valence-corrected chi connectivity index (χ3v) is 3.33. The normalized spacial score (nSPS) is 17.7. The molecule has 1 unspecified atom stereocenters. The van der Waals surface area contributed by atoms with Crippen molar-refractivity contribution in [3.8, 4) is 0 Å². The van der Waals surface area contributed by atoms with Gasteiger partial charge in [0, 0.05) is 30.9 Å². The standard InChI is InChI=1S/C14H15F2N3O3/c15-11-4-3-9(6-12(11)16)18-14(22)19-5-1-2-10(7-19)17-13(21)8-20/h3-4,6,8,10H,1-2,5,7H2,(H,17,21)(H,18,22). The van der Waals surface area contributed by atoms with Crippen molar-refractivity contribution in [2.75, 3.05) is 18.4 Å². The van der Waals surface area contributed by atoms with Crippen LogP contribution >= 0.6 is 0 Å². The van der Waals surface area contributed by atoms with Gasteiger partial charge in [0.15, 0.2) is 11.6 Å². The maximum Gasteiger partial charge on any atom is 0.321 e. The monoisotopic (exact) mass is 311 g/mol. The van der Waals surface area contributed by atoms with Gasteiger partial charge in [-0.1, -0.05) is 0 Å². The van der Waals surface area contributed by atoms with Crippen LogP contribution in [0.3, 0.4) is 0 Å². The van der Waals surface area contributed by atoms with Gasteiger partial charge in [0.05, 0.1) is 0 Å². The fourth-order valence-corrected chi connectivity index (χ4v) is 2.29. The van der Waals surface area contributed by atoms with Crippen molar-refractivity contribution in [2.45, 2.75) is 18.9 Å². The molecule has 1 heterocycles. The number of rotatable bonds is 3. The number of nitrogens with zero attached hydrogens (tertiary/aromatic N) is 1. The van der Waals surface area contributed by atoms with Gasteiger partial charge in [-0.15, -0.1) is 0 Å². The zero-order valence-electron chi connectivity index (χ0n) is 11.6. The molecule has 0 aromatic heterocycles. The van der Waals surface area contributed by atoms with Gasteiger partial charge in [-0.05, 0) is 25.0 Å². The molecule has 1 atom stereocenters. The minimum Gasteiger partial charge on any atom is -0.345 e. The van der Waals surface area contributed by atoms with Crippen molar-refractivity contribution < 1.29 is 23.2 Å². The quantitative estimate of drug-likeness (QED) is 0.652. The van der Waals surface area contributed by atoms with Crippen LogP contribution in [0.15, 0.2) is 18.2 Å². The summed E-state index contributed by atoms with van der Waals surface area (Å²) in [5.74, 6) is -2.77. The minimum atomic E-state index is -1.05. The Balaban J connectivity index is 1.95. The number of hydrogen-bond acceptors (Lipinski definition) is 3. The van der Waals surface area contributed by atoms with Gasteiger partial charge in [-0.3, -0.25) is 9.59 Å². The van der Waals surface area contributed by atoms with Crippen LogP contribution in [0.5, 0.6) is 0 Å². The Kier molecular flexibility index (Phi) is 5.03. The van der Waals surface area contributed by atoms with Crippen LogP contribution in [-0.4, -0.2) is 42.3 Å². The highest BCUT2D eigenvalue weighted by Crippen LogP contribution is 2.16. The summed E-state index contributed by atoms with van der Waals surface area (Å²) in [5.41, 5.74) is 0.142. The SMILES string of the molecule is O=CC(=O)NC1CCCN(C(=O)Nc2ccc(F)c(F)c2)C1. The second-order valence-electron chi connectivity index (χ2n) is 4.97. The lowest BCUT2D eigenvalue weighted by molar-refractivity contribution is -0.132. The van der Waals surface area contributed by atoms with E-state index in [9.17, 15) is 23.2 Å². The van der Waals surface area contributed by atoms with Crippen molar-refractivity contribution in [1.29, 1.82) is 0 Å². The maximum absolute atomic E-state index is 13.1. The predicted molar refractivity (Wildman–Crippen MR) is 74.2 cm³/mol. The molecular weight excluding hydrogens is 296 g/mol. The Labute approximate surface area is 125 Å². The highest BCUT2D eigenvalue weighted by Gasteiger charge is 2.24. The Morgan fingerprint density at radius 1 is 1.27 bits per heavy atom. The van der Waals surface area contributed by atoms with E-state index in [0.717, 1.165) is 12.1 Å². The molecule has 118 valence electrons. The number of hydrogen-bond donors (Lipinski definition) is 2. The number of anilines is 1. The van der Waals surface area contributed by atoms with Gasteiger partial charge in [-0.25, -0.2) is 13.6 Å². The number of likely N-dealkylation sites (tertiary alicyclic amines) is 1. The molecule has 0 spiro atoms. The first-order chi connectivity index (χ1) is 10.5. The van der Waals surface area contributed by atoms with Gasteiger partial charge in [0.1, 0.15) is 0 Å². The van der Waals surface area contributed by atoms with Crippen LogP contribution in [0.2, 0.25) is 0 Å². The molecule has 2 rings (SSSR count). The minimum absolute atomic E-state index is 0.142. The van der Waals surface area contributed by atoms with E-state index in [1.165, 1.54) is 11.0 Å². The summed E-state index contributed by atoms with van der Waals surface area (Å²) in [6, 6.07) is 2.29. The summed E-state index contributed by atoms with van der Waals surface area (Å²) in [7, 11) is 0. The average molecular weight is 311 g/mol. The molecule has 2 N–H and O–H groups in total. The second-order valence-corrected chi connectivity index (χ2v) is 4.97. The highest BCUT2D eigenvalue weighted by atomic mass is 19.2. The topological polar surface area (TPSA) is 78.5 Å². The molecule has 1 aliphatic heterocycles. The average Bonchev–Trinajstić information content (AvgIpc) is 2.51. The lowest BCUT2D eigenvalue weighted by Crippen LogP contribution is -2.50. The van der Waals surface area contributed by atoms with Crippen molar-refractivity contribution in [1.82, 2.24) is 10.2 Å². The van der Waals surface area contributed by atoms with Gasteiger partial charge in [-0.2, -0.15) is 0 Å². The second kappa shape index (κ2) is 6.97. The molecule has 8 heteroatoms. The summed E-state index contributed by atoms with van der Waals surface area (Å²) in [6.45, 7) is 0.720. The Morgan fingerprint density at radius 3 is 2.73 bits per heavy atom. The molecule has 0 bridgehead atoms. The van der Waals surface area contributed by atoms with E-state index >= 15 is 0 Å². The molecule has 1 fully saturated rings. The predicted octanol–water partition coefficient (Wildman–Crippen LogP) is 1.28. The summed E-state index contributed by atoms with van der Waals surface area (Å²) in [4.78, 5) is 34.9. The molecular formula is C14H15F2N3O3. The van der Waals surface area contributed by atoms with E-state index in [-0.39, 0.29) is 24.6 Å². The highest BCUT2D eigenvalue weighted by molar-refractivity contribution is 6.23. The largest absolute Gasteiger partial charge is 0.345 e. The first-order valence-electron chi connectivity index (χ1n) is 6.76. The molecule has 0 aliphatic carbocycles. The lowest BCUT2D eigenvalue weighted by Gasteiger charge is -2.32.